The van der Waals surface area contributed by atoms with E-state index >= 15 is 0 Å². The maximum Gasteiger partial charge on any atom is 0.377 e. The van der Waals surface area contributed by atoms with Crippen LogP contribution in [0, 0.1) is 13.8 Å². The summed E-state index contributed by atoms with van der Waals surface area (Å²) in [5.41, 5.74) is 1.87. The molecule has 0 amide bonds. The molecule has 0 atom stereocenters. The van der Waals surface area contributed by atoms with Gasteiger partial charge in [0.25, 0.3) is 5.78 Å². The molecule has 86 valence electrons. The van der Waals surface area contributed by atoms with Crippen LogP contribution < -0.4 is 4.74 Å². The van der Waals surface area contributed by atoms with Crippen molar-refractivity contribution in [2.45, 2.75) is 20.8 Å². The number of carboxylic acids is 1. The molecule has 0 aliphatic carbocycles. The minimum absolute atomic E-state index is 0.109. The molecule has 4 nitrogen and oxygen atoms in total. The van der Waals surface area contributed by atoms with Gasteiger partial charge in [-0.15, -0.1) is 0 Å². The van der Waals surface area contributed by atoms with E-state index < -0.39 is 11.8 Å². The largest absolute Gasteiger partial charge is 0.493 e. The summed E-state index contributed by atoms with van der Waals surface area (Å²) in [7, 11) is 0. The number of hydrogen-bond donors (Lipinski definition) is 1. The van der Waals surface area contributed by atoms with Gasteiger partial charge in [0.05, 0.1) is 12.2 Å². The number of aliphatic carboxylic acids is 1. The zero-order chi connectivity index (χ0) is 12.3. The number of carbonyl (C=O) groups excluding carboxylic acids is 1. The van der Waals surface area contributed by atoms with E-state index in [0.717, 1.165) is 11.1 Å². The van der Waals surface area contributed by atoms with Crippen LogP contribution in [0.3, 0.4) is 0 Å². The standard InChI is InChI=1S/C12H14O4/c1-4-16-11-8(3)7(2)5-6-9(11)10(13)12(14)15/h5-6H,4H2,1-3H3,(H,14,15). The van der Waals surface area contributed by atoms with Crippen LogP contribution in [0.1, 0.15) is 28.4 Å². The Morgan fingerprint density at radius 2 is 1.94 bits per heavy atom. The second-order valence-corrected chi connectivity index (χ2v) is 3.45. The monoisotopic (exact) mass is 222 g/mol. The third kappa shape index (κ3) is 2.21. The smallest absolute Gasteiger partial charge is 0.377 e. The van der Waals surface area contributed by atoms with Crippen LogP contribution in [0.5, 0.6) is 5.75 Å². The Kier molecular flexibility index (Phi) is 3.66. The zero-order valence-corrected chi connectivity index (χ0v) is 9.53. The van der Waals surface area contributed by atoms with E-state index in [1.807, 2.05) is 6.92 Å². The van der Waals surface area contributed by atoms with Crippen molar-refractivity contribution in [2.24, 2.45) is 0 Å². The fraction of sp³-hybridized carbons (Fsp3) is 0.333. The third-order valence-electron chi connectivity index (χ3n) is 2.40. The molecule has 16 heavy (non-hydrogen) atoms. The molecule has 0 bridgehead atoms. The van der Waals surface area contributed by atoms with E-state index in [4.69, 9.17) is 9.84 Å². The Morgan fingerprint density at radius 1 is 1.31 bits per heavy atom. The Hall–Kier alpha value is -1.84. The minimum atomic E-state index is -1.47. The van der Waals surface area contributed by atoms with Crippen LogP contribution >= 0.6 is 0 Å². The summed E-state index contributed by atoms with van der Waals surface area (Å²) < 4.78 is 5.34. The number of hydrogen-bond acceptors (Lipinski definition) is 3. The van der Waals surface area contributed by atoms with Crippen molar-refractivity contribution in [2.75, 3.05) is 6.61 Å². The predicted molar refractivity (Wildman–Crippen MR) is 59.1 cm³/mol. The number of aryl methyl sites for hydroxylation is 1. The van der Waals surface area contributed by atoms with Gasteiger partial charge in [-0.25, -0.2) is 4.79 Å². The lowest BCUT2D eigenvalue weighted by Crippen LogP contribution is -2.15. The quantitative estimate of drug-likeness (QED) is 0.625. The molecule has 1 rings (SSSR count). The van der Waals surface area contributed by atoms with Crippen LogP contribution in [0.15, 0.2) is 12.1 Å². The highest BCUT2D eigenvalue weighted by molar-refractivity contribution is 6.40. The van der Waals surface area contributed by atoms with Gasteiger partial charge in [0.15, 0.2) is 0 Å². The van der Waals surface area contributed by atoms with Crippen molar-refractivity contribution in [3.05, 3.63) is 28.8 Å². The van der Waals surface area contributed by atoms with Gasteiger partial charge in [-0.05, 0) is 38.0 Å². The van der Waals surface area contributed by atoms with Crippen molar-refractivity contribution in [1.82, 2.24) is 0 Å². The maximum absolute atomic E-state index is 11.4. The SMILES string of the molecule is CCOc1c(C(=O)C(=O)O)ccc(C)c1C. The molecular weight excluding hydrogens is 208 g/mol. The lowest BCUT2D eigenvalue weighted by atomic mass is 10.0. The van der Waals surface area contributed by atoms with Gasteiger partial charge in [-0.3, -0.25) is 4.79 Å². The number of carboxylic acid groups (broad SMARTS) is 1. The average molecular weight is 222 g/mol. The van der Waals surface area contributed by atoms with E-state index in [9.17, 15) is 9.59 Å². The molecule has 1 aromatic carbocycles. The highest BCUT2D eigenvalue weighted by Crippen LogP contribution is 2.26. The third-order valence-corrected chi connectivity index (χ3v) is 2.40. The Balaban J connectivity index is 3.33. The van der Waals surface area contributed by atoms with Crippen LogP contribution in [0.4, 0.5) is 0 Å². The fourth-order valence-corrected chi connectivity index (χ4v) is 1.41. The summed E-state index contributed by atoms with van der Waals surface area (Å²) in [4.78, 5) is 22.1. The van der Waals surface area contributed by atoms with Crippen LogP contribution in [0.2, 0.25) is 0 Å². The zero-order valence-electron chi connectivity index (χ0n) is 9.53. The number of carbonyl (C=O) groups is 2. The van der Waals surface area contributed by atoms with Crippen LogP contribution in [0.25, 0.3) is 0 Å². The molecule has 0 aliphatic rings. The van der Waals surface area contributed by atoms with Gasteiger partial charge in [0, 0.05) is 0 Å². The predicted octanol–water partition coefficient (Wildman–Crippen LogP) is 1.97. The summed E-state index contributed by atoms with van der Waals surface area (Å²) in [6.45, 7) is 5.87. The number of ketones is 1. The number of Topliss-reactive ketones (excluding diaryl/α,β-unsaturated/α-hetero) is 1. The molecule has 4 heteroatoms. The second kappa shape index (κ2) is 4.79. The Bertz CT molecular complexity index is 435. The lowest BCUT2D eigenvalue weighted by Gasteiger charge is -2.12. The summed E-state index contributed by atoms with van der Waals surface area (Å²) in [6, 6.07) is 3.21. The highest BCUT2D eigenvalue weighted by atomic mass is 16.5. The number of ether oxygens (including phenoxy) is 1. The first kappa shape index (κ1) is 12.2. The minimum Gasteiger partial charge on any atom is -0.493 e. The first-order valence-corrected chi connectivity index (χ1v) is 4.99. The van der Waals surface area contributed by atoms with Crippen molar-refractivity contribution in [1.29, 1.82) is 0 Å². The molecule has 0 radical (unpaired) electrons. The molecule has 0 saturated heterocycles. The van der Waals surface area contributed by atoms with Crippen molar-refractivity contribution >= 4 is 11.8 Å². The van der Waals surface area contributed by atoms with E-state index in [0.29, 0.717) is 12.4 Å². The van der Waals surface area contributed by atoms with E-state index in [2.05, 4.69) is 0 Å². The summed E-state index contributed by atoms with van der Waals surface area (Å²) >= 11 is 0. The average Bonchev–Trinajstić information content (AvgIpc) is 2.24. The molecule has 0 saturated carbocycles. The molecule has 0 unspecified atom stereocenters. The van der Waals surface area contributed by atoms with Crippen LogP contribution in [-0.4, -0.2) is 23.5 Å². The summed E-state index contributed by atoms with van der Waals surface area (Å²) in [5, 5.41) is 8.68. The molecule has 1 N–H and O–H groups in total. The summed E-state index contributed by atoms with van der Waals surface area (Å²) in [6.07, 6.45) is 0. The number of benzene rings is 1. The molecule has 0 aromatic heterocycles. The number of rotatable bonds is 4. The van der Waals surface area contributed by atoms with E-state index in [1.54, 1.807) is 19.9 Å². The molecule has 0 aliphatic heterocycles. The Morgan fingerprint density at radius 3 is 2.44 bits per heavy atom. The van der Waals surface area contributed by atoms with Crippen molar-refractivity contribution in [3.8, 4) is 5.75 Å². The highest BCUT2D eigenvalue weighted by Gasteiger charge is 2.21. The first-order valence-electron chi connectivity index (χ1n) is 4.99. The topological polar surface area (TPSA) is 63.6 Å². The molecule has 0 fully saturated rings. The van der Waals surface area contributed by atoms with Gasteiger partial charge >= 0.3 is 5.97 Å². The summed E-state index contributed by atoms with van der Waals surface area (Å²) in [5.74, 6) is -2.04. The van der Waals surface area contributed by atoms with Gasteiger partial charge in [0.1, 0.15) is 5.75 Å². The molecule has 1 aromatic rings. The maximum atomic E-state index is 11.4. The van der Waals surface area contributed by atoms with E-state index in [1.165, 1.54) is 6.07 Å². The molecule has 0 heterocycles. The van der Waals surface area contributed by atoms with Gasteiger partial charge in [-0.1, -0.05) is 6.07 Å². The fourth-order valence-electron chi connectivity index (χ4n) is 1.41. The second-order valence-electron chi connectivity index (χ2n) is 3.45. The molecular formula is C12H14O4. The normalized spacial score (nSPS) is 9.94. The Labute approximate surface area is 93.9 Å². The lowest BCUT2D eigenvalue weighted by molar-refractivity contribution is -0.131. The van der Waals surface area contributed by atoms with Crippen molar-refractivity contribution in [3.63, 3.8) is 0 Å². The molecule has 0 spiro atoms. The first-order chi connectivity index (χ1) is 7.49. The van der Waals surface area contributed by atoms with Crippen LogP contribution in [-0.2, 0) is 4.79 Å². The van der Waals surface area contributed by atoms with Gasteiger partial charge in [0.2, 0.25) is 0 Å². The van der Waals surface area contributed by atoms with Crippen molar-refractivity contribution < 1.29 is 19.4 Å². The van der Waals surface area contributed by atoms with E-state index in [-0.39, 0.29) is 5.56 Å². The van der Waals surface area contributed by atoms with Gasteiger partial charge in [-0.2, -0.15) is 0 Å². The van der Waals surface area contributed by atoms with Gasteiger partial charge < -0.3 is 9.84 Å².